The molecule has 0 atom stereocenters. The first-order valence-corrected chi connectivity index (χ1v) is 28.3. The zero-order valence-electron chi connectivity index (χ0n) is 38.3. The normalized spacial score (nSPS) is 11.8. The molecule has 7 aromatic carbocycles. The van der Waals surface area contributed by atoms with Crippen LogP contribution in [0.1, 0.15) is 6.92 Å². The zero-order chi connectivity index (χ0) is 47.9. The van der Waals surface area contributed by atoms with Gasteiger partial charge in [0, 0.05) is 84.9 Å². The average molecular weight is 1030 g/mol. The quantitative estimate of drug-likeness (QED) is 0.0347. The highest BCUT2D eigenvalue weighted by Gasteiger charge is 2.34. The number of hydrogen-bond acceptors (Lipinski definition) is 12. The van der Waals surface area contributed by atoms with Crippen molar-refractivity contribution in [3.8, 4) is 22.3 Å². The second-order valence-corrected chi connectivity index (χ2v) is 23.4. The van der Waals surface area contributed by atoms with Crippen LogP contribution in [0.25, 0.3) is 72.8 Å². The lowest BCUT2D eigenvalue weighted by atomic mass is 9.97. The molecule has 3 aromatic heterocycles. The van der Waals surface area contributed by atoms with Crippen molar-refractivity contribution < 1.29 is 23.8 Å². The predicted octanol–water partition coefficient (Wildman–Crippen LogP) is 15.9. The number of rotatable bonds is 20. The maximum absolute atomic E-state index is 13.5. The molecule has 352 valence electrons. The van der Waals surface area contributed by atoms with Gasteiger partial charge in [0.25, 0.3) is 0 Å². The predicted molar refractivity (Wildman–Crippen MR) is 300 cm³/mol. The summed E-state index contributed by atoms with van der Waals surface area (Å²) in [5, 5.41) is 7.98. The SMILES string of the molecule is C=C(C)C(=O)OCCOCCNC(=O)OCC(CSc1cccc(-c2cccc3c2sc2ccccc23)c1)(CSc1cccc(-c2cccc3c2sc2ccccc23)c1)CSc1nc2ccccc2s1. The third-order valence-electron chi connectivity index (χ3n) is 11.8. The number of alkyl carbamates (subject to hydrolysis) is 1. The molecule has 0 spiro atoms. The Morgan fingerprint density at radius 2 is 1.13 bits per heavy atom. The molecule has 0 aliphatic rings. The minimum atomic E-state index is -0.515. The number of amides is 1. The van der Waals surface area contributed by atoms with Gasteiger partial charge in [0.2, 0.25) is 0 Å². The average Bonchev–Trinajstić information content (AvgIpc) is 4.11. The number of carbonyl (C=O) groups is 2. The highest BCUT2D eigenvalue weighted by atomic mass is 32.2. The third kappa shape index (κ3) is 11.1. The molecular formula is C57H48N2O5S6. The number of thioether (sulfide) groups is 3. The van der Waals surface area contributed by atoms with Gasteiger partial charge >= 0.3 is 12.1 Å². The highest BCUT2D eigenvalue weighted by molar-refractivity contribution is 8.02. The molecule has 0 fully saturated rings. The summed E-state index contributed by atoms with van der Waals surface area (Å²) in [6, 6.07) is 56.4. The van der Waals surface area contributed by atoms with E-state index in [9.17, 15) is 9.59 Å². The number of ether oxygens (including phenoxy) is 3. The van der Waals surface area contributed by atoms with Crippen molar-refractivity contribution in [2.45, 2.75) is 21.1 Å². The Labute approximate surface area is 431 Å². The Bertz CT molecular complexity index is 3310. The zero-order valence-corrected chi connectivity index (χ0v) is 43.2. The van der Waals surface area contributed by atoms with Crippen molar-refractivity contribution >= 4 is 132 Å². The molecular weight excluding hydrogens is 985 g/mol. The second-order valence-electron chi connectivity index (χ2n) is 17.0. The van der Waals surface area contributed by atoms with Crippen molar-refractivity contribution in [2.75, 3.05) is 50.2 Å². The van der Waals surface area contributed by atoms with E-state index in [1.807, 2.05) is 34.8 Å². The van der Waals surface area contributed by atoms with Gasteiger partial charge in [-0.05, 0) is 77.7 Å². The number of para-hydroxylation sites is 1. The van der Waals surface area contributed by atoms with E-state index < -0.39 is 17.5 Å². The molecule has 1 N–H and O–H groups in total. The van der Waals surface area contributed by atoms with E-state index in [1.54, 1.807) is 53.5 Å². The van der Waals surface area contributed by atoms with E-state index in [0.717, 1.165) is 24.3 Å². The van der Waals surface area contributed by atoms with Gasteiger partial charge in [-0.15, -0.1) is 57.5 Å². The van der Waals surface area contributed by atoms with Gasteiger partial charge in [0.1, 0.15) is 13.2 Å². The molecule has 3 heterocycles. The number of hydrogen-bond donors (Lipinski definition) is 1. The molecule has 70 heavy (non-hydrogen) atoms. The first kappa shape index (κ1) is 48.0. The number of nitrogens with zero attached hydrogens (tertiary/aromatic N) is 1. The lowest BCUT2D eigenvalue weighted by Gasteiger charge is -2.32. The minimum absolute atomic E-state index is 0.105. The molecule has 13 heteroatoms. The summed E-state index contributed by atoms with van der Waals surface area (Å²) >= 11 is 10.7. The van der Waals surface area contributed by atoms with Crippen LogP contribution in [0.15, 0.2) is 184 Å². The molecule has 0 radical (unpaired) electrons. The van der Waals surface area contributed by atoms with E-state index >= 15 is 0 Å². The van der Waals surface area contributed by atoms with Crippen LogP contribution in [-0.4, -0.2) is 67.3 Å². The molecule has 0 unspecified atom stereocenters. The number of aromatic nitrogens is 1. The van der Waals surface area contributed by atoms with Crippen LogP contribution in [0.2, 0.25) is 0 Å². The number of fused-ring (bicyclic) bond motifs is 7. The molecule has 0 saturated heterocycles. The van der Waals surface area contributed by atoms with Crippen molar-refractivity contribution in [3.63, 3.8) is 0 Å². The van der Waals surface area contributed by atoms with Gasteiger partial charge in [-0.1, -0.05) is 128 Å². The Balaban J connectivity index is 0.930. The van der Waals surface area contributed by atoms with Crippen molar-refractivity contribution in [2.24, 2.45) is 5.41 Å². The van der Waals surface area contributed by atoms with E-state index in [4.69, 9.17) is 19.2 Å². The Kier molecular flexibility index (Phi) is 15.2. The van der Waals surface area contributed by atoms with Crippen LogP contribution < -0.4 is 5.32 Å². The van der Waals surface area contributed by atoms with Gasteiger partial charge in [-0.2, -0.15) is 0 Å². The van der Waals surface area contributed by atoms with Crippen LogP contribution >= 0.6 is 69.3 Å². The maximum atomic E-state index is 13.5. The Morgan fingerprint density at radius 1 is 0.586 bits per heavy atom. The fourth-order valence-electron chi connectivity index (χ4n) is 8.22. The molecule has 0 aliphatic heterocycles. The Hall–Kier alpha value is -5.64. The van der Waals surface area contributed by atoms with Crippen LogP contribution in [0.3, 0.4) is 0 Å². The lowest BCUT2D eigenvalue weighted by molar-refractivity contribution is -0.140. The molecule has 10 rings (SSSR count). The number of carbonyl (C=O) groups excluding carboxylic acids is 2. The van der Waals surface area contributed by atoms with E-state index in [2.05, 4.69) is 157 Å². The Morgan fingerprint density at radius 3 is 1.73 bits per heavy atom. The number of benzene rings is 7. The standard InChI is InChI=1S/C57H48N2O5S6/c1-37(2)54(60)63-30-29-62-28-27-58-55(61)64-33-57(36-67-56-59-48-23-5-8-26-51(48)70-56,34-65-40-15-9-13-38(31-40)42-19-11-21-46-44-17-3-6-24-49(44)68-52(42)46)35-66-41-16-10-14-39(32-41)43-20-12-22-47-45-18-4-7-25-50(45)69-53(43)47/h3-26,31-32H,1,27-30,33-36H2,2H3,(H,58,61). The summed E-state index contributed by atoms with van der Waals surface area (Å²) in [6.45, 7) is 6.17. The van der Waals surface area contributed by atoms with Crippen LogP contribution in [0, 0.1) is 5.41 Å². The summed E-state index contributed by atoms with van der Waals surface area (Å²) in [6.07, 6.45) is -0.515. The minimum Gasteiger partial charge on any atom is -0.460 e. The largest absolute Gasteiger partial charge is 0.460 e. The summed E-state index contributed by atoms with van der Waals surface area (Å²) < 4.78 is 24.2. The van der Waals surface area contributed by atoms with Gasteiger partial charge in [-0.3, -0.25) is 0 Å². The number of nitrogens with one attached hydrogen (secondary N) is 1. The smallest absolute Gasteiger partial charge is 0.407 e. The number of thiazole rings is 1. The highest BCUT2D eigenvalue weighted by Crippen LogP contribution is 2.45. The first-order valence-electron chi connectivity index (χ1n) is 22.9. The van der Waals surface area contributed by atoms with Crippen molar-refractivity contribution in [3.05, 3.63) is 170 Å². The maximum Gasteiger partial charge on any atom is 0.407 e. The van der Waals surface area contributed by atoms with E-state index in [0.29, 0.717) is 22.8 Å². The summed E-state index contributed by atoms with van der Waals surface area (Å²) in [4.78, 5) is 32.6. The molecule has 10 aromatic rings. The van der Waals surface area contributed by atoms with E-state index in [1.165, 1.54) is 62.6 Å². The summed E-state index contributed by atoms with van der Waals surface area (Å²) in [5.74, 6) is 1.55. The third-order valence-corrected chi connectivity index (χ3v) is 19.5. The number of esters is 1. The fourth-order valence-corrected chi connectivity index (χ4v) is 15.6. The van der Waals surface area contributed by atoms with Crippen molar-refractivity contribution in [1.82, 2.24) is 10.3 Å². The van der Waals surface area contributed by atoms with Gasteiger partial charge in [0.05, 0.1) is 23.4 Å². The molecule has 1 amide bonds. The molecule has 0 saturated carbocycles. The molecule has 0 bridgehead atoms. The summed E-state index contributed by atoms with van der Waals surface area (Å²) in [5.41, 5.74) is 5.58. The van der Waals surface area contributed by atoms with Crippen LogP contribution in [-0.2, 0) is 19.0 Å². The first-order chi connectivity index (χ1) is 34.3. The molecule has 7 nitrogen and oxygen atoms in total. The second kappa shape index (κ2) is 22.2. The van der Waals surface area contributed by atoms with Crippen LogP contribution in [0.5, 0.6) is 0 Å². The lowest BCUT2D eigenvalue weighted by Crippen LogP contribution is -2.39. The monoisotopic (exact) mass is 1030 g/mol. The topological polar surface area (TPSA) is 86.8 Å². The van der Waals surface area contributed by atoms with Crippen molar-refractivity contribution in [1.29, 1.82) is 0 Å². The number of thiophene rings is 2. The van der Waals surface area contributed by atoms with E-state index in [-0.39, 0.29) is 33.0 Å². The summed E-state index contributed by atoms with van der Waals surface area (Å²) in [7, 11) is 0. The molecule has 0 aliphatic carbocycles. The van der Waals surface area contributed by atoms with Crippen LogP contribution in [0.4, 0.5) is 4.79 Å². The van der Waals surface area contributed by atoms with Gasteiger partial charge < -0.3 is 19.5 Å². The van der Waals surface area contributed by atoms with Gasteiger partial charge in [-0.25, -0.2) is 14.6 Å². The fraction of sp³-hybridized carbons (Fsp3) is 0.175. The van der Waals surface area contributed by atoms with Gasteiger partial charge in [0.15, 0.2) is 4.34 Å².